The lowest BCUT2D eigenvalue weighted by Gasteiger charge is -2.32. The van der Waals surface area contributed by atoms with Crippen molar-refractivity contribution in [1.82, 2.24) is 0 Å². The Morgan fingerprint density at radius 3 is 2.18 bits per heavy atom. The Hall–Kier alpha value is -1.33. The smallest absolute Gasteiger partial charge is 0.458 e. The molecule has 0 unspecified atom stereocenters. The molecule has 1 aromatic rings. The maximum Gasteiger partial charge on any atom is 0.458 e. The summed E-state index contributed by atoms with van der Waals surface area (Å²) in [5.74, 6) is -0.499. The van der Waals surface area contributed by atoms with Crippen LogP contribution in [0.2, 0.25) is 6.32 Å². The minimum atomic E-state index is -0.391. The van der Waals surface area contributed by atoms with Crippen LogP contribution in [0, 0.1) is 5.92 Å². The molecule has 2 rings (SSSR count). The van der Waals surface area contributed by atoms with Crippen LogP contribution in [-0.4, -0.2) is 31.4 Å². The van der Waals surface area contributed by atoms with E-state index in [1.54, 1.807) is 0 Å². The van der Waals surface area contributed by atoms with E-state index in [4.69, 9.17) is 14.0 Å². The molecule has 0 radical (unpaired) electrons. The largest absolute Gasteiger partial charge is 0.469 e. The average Bonchev–Trinajstić information content (AvgIpc) is 2.66. The fourth-order valence-electron chi connectivity index (χ4n) is 2.62. The monoisotopic (exact) mass is 304 g/mol. The first-order valence-corrected chi connectivity index (χ1v) is 7.72. The normalized spacial score (nSPS) is 20.7. The van der Waals surface area contributed by atoms with Gasteiger partial charge in [0.2, 0.25) is 0 Å². The van der Waals surface area contributed by atoms with E-state index in [2.05, 4.69) is 0 Å². The van der Waals surface area contributed by atoms with Crippen molar-refractivity contribution in [3.63, 3.8) is 0 Å². The first kappa shape index (κ1) is 17.0. The van der Waals surface area contributed by atoms with Crippen molar-refractivity contribution in [2.24, 2.45) is 5.92 Å². The SMILES string of the molecule is COC(=O)[C@@H](CB1OC(C)(C)C(C)(C)O1)Cc1ccccc1. The highest BCUT2D eigenvalue weighted by Gasteiger charge is 2.51. The fourth-order valence-corrected chi connectivity index (χ4v) is 2.62. The van der Waals surface area contributed by atoms with Gasteiger partial charge in [-0.15, -0.1) is 0 Å². The quantitative estimate of drug-likeness (QED) is 0.619. The summed E-state index contributed by atoms with van der Waals surface area (Å²) in [7, 11) is 1.03. The lowest BCUT2D eigenvalue weighted by Crippen LogP contribution is -2.41. The van der Waals surface area contributed by atoms with Gasteiger partial charge in [0.1, 0.15) is 0 Å². The highest BCUT2D eigenvalue weighted by atomic mass is 16.7. The van der Waals surface area contributed by atoms with Gasteiger partial charge in [0.25, 0.3) is 0 Å². The molecule has 1 heterocycles. The summed E-state index contributed by atoms with van der Waals surface area (Å²) in [6.45, 7) is 8.05. The molecule has 1 aromatic carbocycles. The van der Waals surface area contributed by atoms with Gasteiger partial charge < -0.3 is 14.0 Å². The second-order valence-electron chi connectivity index (χ2n) is 6.83. The average molecular weight is 304 g/mol. The molecule has 0 bridgehead atoms. The predicted octanol–water partition coefficient (Wildman–Crippen LogP) is 3.11. The Morgan fingerprint density at radius 1 is 1.14 bits per heavy atom. The molecule has 5 heteroatoms. The summed E-state index contributed by atoms with van der Waals surface area (Å²) in [6, 6.07) is 9.93. The van der Waals surface area contributed by atoms with E-state index in [0.717, 1.165) is 5.56 Å². The van der Waals surface area contributed by atoms with Crippen LogP contribution >= 0.6 is 0 Å². The highest BCUT2D eigenvalue weighted by Crippen LogP contribution is 2.38. The second kappa shape index (κ2) is 6.43. The molecule has 120 valence electrons. The van der Waals surface area contributed by atoms with Crippen LogP contribution in [0.1, 0.15) is 33.3 Å². The Bertz CT molecular complexity index is 497. The van der Waals surface area contributed by atoms with E-state index in [-0.39, 0.29) is 23.1 Å². The molecule has 0 spiro atoms. The maximum atomic E-state index is 12.1. The van der Waals surface area contributed by atoms with E-state index in [1.165, 1.54) is 7.11 Å². The second-order valence-corrected chi connectivity index (χ2v) is 6.83. The number of benzene rings is 1. The fraction of sp³-hybridized carbons (Fsp3) is 0.588. The van der Waals surface area contributed by atoms with Crippen molar-refractivity contribution in [2.45, 2.75) is 51.6 Å². The van der Waals surface area contributed by atoms with Gasteiger partial charge in [-0.3, -0.25) is 4.79 Å². The molecule has 1 aliphatic rings. The number of hydrogen-bond acceptors (Lipinski definition) is 4. The van der Waals surface area contributed by atoms with Crippen LogP contribution in [0.15, 0.2) is 30.3 Å². The summed E-state index contributed by atoms with van der Waals surface area (Å²) >= 11 is 0. The number of methoxy groups -OCH3 is 1. The molecule has 0 aliphatic carbocycles. The molecule has 1 aliphatic heterocycles. The van der Waals surface area contributed by atoms with Gasteiger partial charge in [-0.25, -0.2) is 0 Å². The first-order chi connectivity index (χ1) is 10.2. The topological polar surface area (TPSA) is 44.8 Å². The molecule has 0 N–H and O–H groups in total. The molecular formula is C17H25BO4. The van der Waals surface area contributed by atoms with Crippen LogP contribution in [0.5, 0.6) is 0 Å². The van der Waals surface area contributed by atoms with Crippen molar-refractivity contribution in [2.75, 3.05) is 7.11 Å². The molecule has 1 atom stereocenters. The standard InChI is InChI=1S/C17H25BO4/c1-16(2)17(3,4)22-18(21-16)12-14(15(19)20-5)11-13-9-7-6-8-10-13/h6-10,14H,11-12H2,1-5H3/t14-/m1/s1. The van der Waals surface area contributed by atoms with Crippen molar-refractivity contribution in [1.29, 1.82) is 0 Å². The number of esters is 1. The number of carbonyl (C=O) groups is 1. The molecule has 0 aromatic heterocycles. The van der Waals surface area contributed by atoms with Crippen LogP contribution in [0.25, 0.3) is 0 Å². The van der Waals surface area contributed by atoms with Crippen LogP contribution in [-0.2, 0) is 25.3 Å². The molecule has 0 amide bonds. The molecular weight excluding hydrogens is 279 g/mol. The van der Waals surface area contributed by atoms with E-state index in [1.807, 2.05) is 58.0 Å². The van der Waals surface area contributed by atoms with Crippen LogP contribution in [0.4, 0.5) is 0 Å². The zero-order chi connectivity index (χ0) is 16.4. The molecule has 1 fully saturated rings. The summed E-state index contributed by atoms with van der Waals surface area (Å²) in [5.41, 5.74) is 0.338. The summed E-state index contributed by atoms with van der Waals surface area (Å²) in [5, 5.41) is 0. The molecule has 1 saturated heterocycles. The Balaban J connectivity index is 2.07. The van der Waals surface area contributed by atoms with E-state index < -0.39 is 7.12 Å². The number of hydrogen-bond donors (Lipinski definition) is 0. The number of rotatable bonds is 5. The minimum absolute atomic E-state index is 0.224. The van der Waals surface area contributed by atoms with Gasteiger partial charge in [0, 0.05) is 0 Å². The van der Waals surface area contributed by atoms with E-state index >= 15 is 0 Å². The van der Waals surface area contributed by atoms with Gasteiger partial charge in [-0.2, -0.15) is 0 Å². The van der Waals surface area contributed by atoms with Crippen molar-refractivity contribution >= 4 is 13.1 Å². The highest BCUT2D eigenvalue weighted by molar-refractivity contribution is 6.46. The number of ether oxygens (including phenoxy) is 1. The zero-order valence-corrected chi connectivity index (χ0v) is 14.1. The summed E-state index contributed by atoms with van der Waals surface area (Å²) in [4.78, 5) is 12.1. The Morgan fingerprint density at radius 2 is 1.68 bits per heavy atom. The van der Waals surface area contributed by atoms with Gasteiger partial charge >= 0.3 is 13.1 Å². The molecule has 0 saturated carbocycles. The van der Waals surface area contributed by atoms with Crippen molar-refractivity contribution in [3.05, 3.63) is 35.9 Å². The van der Waals surface area contributed by atoms with Gasteiger partial charge in [0.15, 0.2) is 0 Å². The maximum absolute atomic E-state index is 12.1. The van der Waals surface area contributed by atoms with Gasteiger partial charge in [0.05, 0.1) is 24.2 Å². The van der Waals surface area contributed by atoms with Gasteiger partial charge in [-0.05, 0) is 46.0 Å². The number of carbonyl (C=O) groups excluding carboxylic acids is 1. The first-order valence-electron chi connectivity index (χ1n) is 7.72. The summed E-state index contributed by atoms with van der Waals surface area (Å²) in [6.07, 6.45) is 1.12. The van der Waals surface area contributed by atoms with E-state index in [9.17, 15) is 4.79 Å². The Labute approximate surface area is 133 Å². The Kier molecular flexibility index (Phi) is 4.98. The van der Waals surface area contributed by atoms with Crippen molar-refractivity contribution in [3.8, 4) is 0 Å². The summed E-state index contributed by atoms with van der Waals surface area (Å²) < 4.78 is 16.9. The van der Waals surface area contributed by atoms with Crippen LogP contribution in [0.3, 0.4) is 0 Å². The van der Waals surface area contributed by atoms with E-state index in [0.29, 0.717) is 12.7 Å². The van der Waals surface area contributed by atoms with Crippen LogP contribution < -0.4 is 0 Å². The third kappa shape index (κ3) is 3.71. The third-order valence-electron chi connectivity index (χ3n) is 4.64. The third-order valence-corrected chi connectivity index (χ3v) is 4.64. The zero-order valence-electron chi connectivity index (χ0n) is 14.1. The lowest BCUT2D eigenvalue weighted by molar-refractivity contribution is -0.144. The lowest BCUT2D eigenvalue weighted by atomic mass is 9.75. The molecule has 4 nitrogen and oxygen atoms in total. The van der Waals surface area contributed by atoms with Crippen molar-refractivity contribution < 1.29 is 18.8 Å². The predicted molar refractivity (Wildman–Crippen MR) is 86.5 cm³/mol. The minimum Gasteiger partial charge on any atom is -0.469 e. The molecule has 22 heavy (non-hydrogen) atoms. The van der Waals surface area contributed by atoms with Gasteiger partial charge in [-0.1, -0.05) is 30.3 Å².